The van der Waals surface area contributed by atoms with Gasteiger partial charge in [-0.1, -0.05) is 18.2 Å². The first kappa shape index (κ1) is 25.4. The van der Waals surface area contributed by atoms with E-state index in [4.69, 9.17) is 0 Å². The molecule has 4 bridgehead atoms. The van der Waals surface area contributed by atoms with Crippen LogP contribution in [0.5, 0.6) is 5.75 Å². The number of nitrogens with one attached hydrogen (secondary N) is 2. The zero-order valence-corrected chi connectivity index (χ0v) is 22.3. The first-order valence-electron chi connectivity index (χ1n) is 14.3. The zero-order chi connectivity index (χ0) is 26.3. The molecular formula is C30H40N6O2. The molecule has 1 aromatic carbocycles. The van der Waals surface area contributed by atoms with Crippen LogP contribution in [0.2, 0.25) is 0 Å². The molecule has 1 heterocycles. The van der Waals surface area contributed by atoms with Gasteiger partial charge in [-0.15, -0.1) is 0 Å². The van der Waals surface area contributed by atoms with Gasteiger partial charge in [0.05, 0.1) is 12.3 Å². The average Bonchev–Trinajstić information content (AvgIpc) is 2.91. The second kappa shape index (κ2) is 10.3. The molecule has 1 aromatic heterocycles. The van der Waals surface area contributed by atoms with E-state index < -0.39 is 0 Å². The van der Waals surface area contributed by atoms with E-state index in [2.05, 4.69) is 38.6 Å². The van der Waals surface area contributed by atoms with Crippen LogP contribution in [0.3, 0.4) is 0 Å². The van der Waals surface area contributed by atoms with Crippen molar-refractivity contribution in [3.8, 4) is 11.8 Å². The molecule has 0 amide bonds. The van der Waals surface area contributed by atoms with Crippen LogP contribution < -0.4 is 10.6 Å². The van der Waals surface area contributed by atoms with Crippen LogP contribution in [0.15, 0.2) is 30.5 Å². The Bertz CT molecular complexity index is 1170. The largest absolute Gasteiger partial charge is 0.508 e. The summed E-state index contributed by atoms with van der Waals surface area (Å²) in [6.45, 7) is 1.25. The highest BCUT2D eigenvalue weighted by molar-refractivity contribution is 5.53. The number of aliphatic hydroxyl groups is 1. The van der Waals surface area contributed by atoms with Crippen molar-refractivity contribution < 1.29 is 10.2 Å². The fraction of sp³-hybridized carbons (Fsp3) is 0.633. The molecule has 2 aromatic rings. The van der Waals surface area contributed by atoms with E-state index in [1.807, 2.05) is 12.1 Å². The summed E-state index contributed by atoms with van der Waals surface area (Å²) in [5.74, 6) is 3.54. The fourth-order valence-corrected chi connectivity index (χ4v) is 8.55. The average molecular weight is 517 g/mol. The fourth-order valence-electron chi connectivity index (χ4n) is 8.55. The Hall–Kier alpha value is -2.89. The monoisotopic (exact) mass is 516 g/mol. The van der Waals surface area contributed by atoms with Crippen LogP contribution in [0.1, 0.15) is 68.9 Å². The predicted molar refractivity (Wildman–Crippen MR) is 146 cm³/mol. The molecule has 5 saturated carbocycles. The molecule has 8 heteroatoms. The maximum Gasteiger partial charge on any atom is 0.224 e. The van der Waals surface area contributed by atoms with E-state index in [-0.39, 0.29) is 17.3 Å². The Labute approximate surface area is 225 Å². The van der Waals surface area contributed by atoms with Crippen LogP contribution in [0.25, 0.3) is 0 Å². The SMILES string of the molecule is CN(C1CCC(O)CC1)C1[C@@H]2CC3C[C@H]1CC(CNc1nc(NCc4ccccc4O)ncc1C#N)(C3)C2. The summed E-state index contributed by atoms with van der Waals surface area (Å²) in [6.07, 6.45) is 12.0. The maximum absolute atomic E-state index is 10.0. The van der Waals surface area contributed by atoms with Crippen molar-refractivity contribution in [1.29, 1.82) is 5.26 Å². The van der Waals surface area contributed by atoms with E-state index in [0.29, 0.717) is 36.0 Å². The maximum atomic E-state index is 10.0. The van der Waals surface area contributed by atoms with Crippen molar-refractivity contribution in [2.75, 3.05) is 24.2 Å². The van der Waals surface area contributed by atoms with E-state index in [1.165, 1.54) is 32.1 Å². The number of phenols is 1. The van der Waals surface area contributed by atoms with E-state index in [0.717, 1.165) is 55.5 Å². The quantitative estimate of drug-likeness (QED) is 0.405. The lowest BCUT2D eigenvalue weighted by molar-refractivity contribution is -0.114. The van der Waals surface area contributed by atoms with Crippen LogP contribution in [0.4, 0.5) is 11.8 Å². The molecule has 0 aliphatic heterocycles. The van der Waals surface area contributed by atoms with Gasteiger partial charge in [0, 0.05) is 30.7 Å². The van der Waals surface area contributed by atoms with Crippen molar-refractivity contribution in [2.24, 2.45) is 23.2 Å². The van der Waals surface area contributed by atoms with Crippen LogP contribution in [-0.4, -0.2) is 56.9 Å². The van der Waals surface area contributed by atoms with Crippen LogP contribution in [0, 0.1) is 34.5 Å². The number of aromatic hydroxyl groups is 1. The number of para-hydroxylation sites is 1. The number of aromatic nitrogens is 2. The van der Waals surface area contributed by atoms with Gasteiger partial charge in [-0.3, -0.25) is 4.90 Å². The number of hydrogen-bond acceptors (Lipinski definition) is 8. The summed E-state index contributed by atoms with van der Waals surface area (Å²) in [7, 11) is 2.35. The lowest BCUT2D eigenvalue weighted by Gasteiger charge is -2.62. The van der Waals surface area contributed by atoms with Gasteiger partial charge in [0.1, 0.15) is 23.2 Å². The third-order valence-corrected chi connectivity index (χ3v) is 10.0. The summed E-state index contributed by atoms with van der Waals surface area (Å²) in [6, 6.07) is 10.7. The third-order valence-electron chi connectivity index (χ3n) is 10.0. The number of nitriles is 1. The minimum absolute atomic E-state index is 0.103. The minimum Gasteiger partial charge on any atom is -0.508 e. The Kier molecular flexibility index (Phi) is 6.92. The van der Waals surface area contributed by atoms with Gasteiger partial charge in [-0.2, -0.15) is 10.2 Å². The second-order valence-electron chi connectivity index (χ2n) is 12.5. The Morgan fingerprint density at radius 1 is 1.08 bits per heavy atom. The minimum atomic E-state index is -0.103. The molecule has 5 aliphatic rings. The highest BCUT2D eigenvalue weighted by Gasteiger charge is 2.56. The standard InChI is InChI=1S/C30H40N6O2/c1-36(24-6-8-25(37)9-7-24)27-21-10-19-11-22(27)14-30(12-19,13-21)18-34-28-23(15-31)17-33-29(35-28)32-16-20-4-2-3-5-26(20)38/h2-5,17,19,21-22,24-25,27,37-38H,6-14,16,18H2,1H3,(H2,32,33,34,35)/t19?,21-,22+,24?,25?,27?,30?. The zero-order valence-electron chi connectivity index (χ0n) is 22.3. The number of anilines is 2. The van der Waals surface area contributed by atoms with Gasteiger partial charge in [0.2, 0.25) is 5.95 Å². The Balaban J connectivity index is 1.12. The van der Waals surface area contributed by atoms with Crippen LogP contribution in [-0.2, 0) is 6.54 Å². The summed E-state index contributed by atoms with van der Waals surface area (Å²) in [5, 5.41) is 36.5. The number of benzene rings is 1. The van der Waals surface area contributed by atoms with Gasteiger partial charge in [-0.25, -0.2) is 4.98 Å². The molecule has 8 nitrogen and oxygen atoms in total. The summed E-state index contributed by atoms with van der Waals surface area (Å²) in [4.78, 5) is 11.7. The molecule has 5 aliphatic carbocycles. The third kappa shape index (κ3) is 4.94. The van der Waals surface area contributed by atoms with E-state index >= 15 is 0 Å². The predicted octanol–water partition coefficient (Wildman–Crippen LogP) is 4.51. The van der Waals surface area contributed by atoms with E-state index in [1.54, 1.807) is 18.3 Å². The molecule has 0 radical (unpaired) electrons. The number of nitrogens with zero attached hydrogens (tertiary/aromatic N) is 4. The Morgan fingerprint density at radius 2 is 1.82 bits per heavy atom. The smallest absolute Gasteiger partial charge is 0.224 e. The van der Waals surface area contributed by atoms with Crippen LogP contribution >= 0.6 is 0 Å². The first-order chi connectivity index (χ1) is 18.4. The van der Waals surface area contributed by atoms with Gasteiger partial charge in [0.15, 0.2) is 0 Å². The van der Waals surface area contributed by atoms with Crippen molar-refractivity contribution in [3.63, 3.8) is 0 Å². The molecule has 38 heavy (non-hydrogen) atoms. The summed E-state index contributed by atoms with van der Waals surface area (Å²) >= 11 is 0. The number of aliphatic hydroxyl groups excluding tert-OH is 1. The molecule has 202 valence electrons. The van der Waals surface area contributed by atoms with Crippen molar-refractivity contribution in [2.45, 2.75) is 82.5 Å². The molecule has 4 N–H and O–H groups in total. The summed E-state index contributed by atoms with van der Waals surface area (Å²) < 4.78 is 0. The van der Waals surface area contributed by atoms with Crippen molar-refractivity contribution >= 4 is 11.8 Å². The molecule has 3 unspecified atom stereocenters. The molecule has 0 saturated heterocycles. The lowest BCUT2D eigenvalue weighted by atomic mass is 9.47. The number of hydrogen-bond donors (Lipinski definition) is 4. The van der Waals surface area contributed by atoms with Gasteiger partial charge >= 0.3 is 0 Å². The van der Waals surface area contributed by atoms with Crippen molar-refractivity contribution in [3.05, 3.63) is 41.6 Å². The Morgan fingerprint density at radius 3 is 2.53 bits per heavy atom. The molecule has 0 spiro atoms. The lowest BCUT2D eigenvalue weighted by Crippen LogP contribution is -2.61. The van der Waals surface area contributed by atoms with Gasteiger partial charge in [0.25, 0.3) is 0 Å². The normalized spacial score (nSPS) is 33.7. The van der Waals surface area contributed by atoms with E-state index in [9.17, 15) is 15.5 Å². The summed E-state index contributed by atoms with van der Waals surface area (Å²) in [5.41, 5.74) is 1.49. The van der Waals surface area contributed by atoms with Gasteiger partial charge in [-0.05, 0) is 94.1 Å². The molecular weight excluding hydrogens is 476 g/mol. The highest BCUT2D eigenvalue weighted by Crippen LogP contribution is 2.61. The van der Waals surface area contributed by atoms with Gasteiger partial charge < -0.3 is 20.8 Å². The molecule has 7 rings (SSSR count). The second-order valence-corrected chi connectivity index (χ2v) is 12.5. The number of rotatable bonds is 8. The first-order valence-corrected chi connectivity index (χ1v) is 14.3. The number of phenolic OH excluding ortho intramolecular Hbond substituents is 1. The highest BCUT2D eigenvalue weighted by atomic mass is 16.3. The topological polar surface area (TPSA) is 117 Å². The molecule has 5 atom stereocenters. The molecule has 5 fully saturated rings. The van der Waals surface area contributed by atoms with Crippen molar-refractivity contribution in [1.82, 2.24) is 14.9 Å².